The van der Waals surface area contributed by atoms with Crippen molar-refractivity contribution >= 4 is 11.0 Å². The van der Waals surface area contributed by atoms with Gasteiger partial charge in [-0.25, -0.2) is 18.4 Å². The van der Waals surface area contributed by atoms with E-state index in [1.54, 1.807) is 4.68 Å². The Balaban J connectivity index is 1.98. The van der Waals surface area contributed by atoms with Crippen molar-refractivity contribution in [3.05, 3.63) is 22.4 Å². The average Bonchev–Trinajstić information content (AvgIpc) is 2.84. The van der Waals surface area contributed by atoms with Crippen molar-refractivity contribution < 1.29 is 8.78 Å². The number of aromatic amines is 1. The van der Waals surface area contributed by atoms with Gasteiger partial charge in [0, 0.05) is 19.3 Å². The second kappa shape index (κ2) is 5.20. The number of H-pyrrole nitrogens is 1. The first-order chi connectivity index (χ1) is 10.00. The molecular weight excluding hydrogens is 278 g/mol. The molecule has 1 saturated carbocycles. The molecule has 0 atom stereocenters. The predicted molar refractivity (Wildman–Crippen MR) is 74.6 cm³/mol. The maximum absolute atomic E-state index is 13.3. The zero-order valence-corrected chi connectivity index (χ0v) is 11.9. The van der Waals surface area contributed by atoms with Crippen LogP contribution in [0.1, 0.15) is 50.9 Å². The van der Waals surface area contributed by atoms with Crippen molar-refractivity contribution in [3.8, 4) is 0 Å². The summed E-state index contributed by atoms with van der Waals surface area (Å²) in [6, 6.07) is -0.106. The standard InChI is InChI=1S/C14H18F2N4O/c1-2-3-11-18-12-10(13(21)19-11)8-17-20(12)9-4-6-14(15,16)7-5-9/h8-9H,2-7H2,1H3,(H,18,19,21). The summed E-state index contributed by atoms with van der Waals surface area (Å²) in [5.41, 5.74) is 0.299. The lowest BCUT2D eigenvalue weighted by molar-refractivity contribution is -0.0446. The lowest BCUT2D eigenvalue weighted by atomic mass is 9.92. The smallest absolute Gasteiger partial charge is 0.262 e. The summed E-state index contributed by atoms with van der Waals surface area (Å²) in [5, 5.41) is 4.64. The number of nitrogens with one attached hydrogen (secondary N) is 1. The maximum Gasteiger partial charge on any atom is 0.262 e. The van der Waals surface area contributed by atoms with Gasteiger partial charge in [-0.2, -0.15) is 5.10 Å². The van der Waals surface area contributed by atoms with Crippen LogP contribution in [0.15, 0.2) is 11.0 Å². The zero-order chi connectivity index (χ0) is 15.0. The molecule has 0 aromatic carbocycles. The molecule has 114 valence electrons. The van der Waals surface area contributed by atoms with Gasteiger partial charge in [0.15, 0.2) is 5.65 Å². The summed E-state index contributed by atoms with van der Waals surface area (Å²) < 4.78 is 28.2. The van der Waals surface area contributed by atoms with Crippen LogP contribution in [-0.2, 0) is 6.42 Å². The third kappa shape index (κ3) is 2.69. The van der Waals surface area contributed by atoms with Crippen molar-refractivity contribution in [1.82, 2.24) is 19.7 Å². The Morgan fingerprint density at radius 1 is 1.43 bits per heavy atom. The molecule has 2 heterocycles. The summed E-state index contributed by atoms with van der Waals surface area (Å²) in [7, 11) is 0. The average molecular weight is 296 g/mol. The second-order valence-corrected chi connectivity index (χ2v) is 5.68. The number of hydrogen-bond donors (Lipinski definition) is 1. The number of aryl methyl sites for hydroxylation is 1. The van der Waals surface area contributed by atoms with Gasteiger partial charge in [0.05, 0.1) is 12.2 Å². The third-order valence-electron chi connectivity index (χ3n) is 4.03. The Hall–Kier alpha value is -1.79. The van der Waals surface area contributed by atoms with Gasteiger partial charge in [-0.3, -0.25) is 4.79 Å². The highest BCUT2D eigenvalue weighted by molar-refractivity contribution is 5.73. The van der Waals surface area contributed by atoms with Crippen LogP contribution < -0.4 is 5.56 Å². The van der Waals surface area contributed by atoms with E-state index in [1.165, 1.54) is 6.20 Å². The van der Waals surface area contributed by atoms with Gasteiger partial charge in [0.2, 0.25) is 5.92 Å². The minimum atomic E-state index is -2.57. The molecule has 0 bridgehead atoms. The van der Waals surface area contributed by atoms with Crippen LogP contribution in [0.2, 0.25) is 0 Å². The molecule has 3 rings (SSSR count). The zero-order valence-electron chi connectivity index (χ0n) is 11.9. The largest absolute Gasteiger partial charge is 0.310 e. The molecule has 2 aromatic rings. The topological polar surface area (TPSA) is 63.6 Å². The summed E-state index contributed by atoms with van der Waals surface area (Å²) in [4.78, 5) is 19.2. The Kier molecular flexibility index (Phi) is 3.51. The van der Waals surface area contributed by atoms with Crippen LogP contribution in [0.3, 0.4) is 0 Å². The number of nitrogens with zero attached hydrogens (tertiary/aromatic N) is 3. The molecule has 5 nitrogen and oxygen atoms in total. The number of fused-ring (bicyclic) bond motifs is 1. The van der Waals surface area contributed by atoms with Gasteiger partial charge in [-0.15, -0.1) is 0 Å². The van der Waals surface area contributed by atoms with Crippen LogP contribution >= 0.6 is 0 Å². The van der Waals surface area contributed by atoms with E-state index in [-0.39, 0.29) is 24.4 Å². The van der Waals surface area contributed by atoms with Crippen LogP contribution in [0.5, 0.6) is 0 Å². The van der Waals surface area contributed by atoms with Crippen LogP contribution in [0.25, 0.3) is 11.0 Å². The maximum atomic E-state index is 13.3. The Bertz CT molecular complexity index is 697. The van der Waals surface area contributed by atoms with Crippen molar-refractivity contribution in [2.75, 3.05) is 0 Å². The Labute approximate surface area is 120 Å². The van der Waals surface area contributed by atoms with Gasteiger partial charge < -0.3 is 4.98 Å². The van der Waals surface area contributed by atoms with Crippen LogP contribution in [0, 0.1) is 0 Å². The van der Waals surface area contributed by atoms with E-state index in [1.807, 2.05) is 6.92 Å². The molecule has 21 heavy (non-hydrogen) atoms. The normalized spacial score (nSPS) is 19.2. The van der Waals surface area contributed by atoms with Gasteiger partial charge in [0.25, 0.3) is 5.56 Å². The molecule has 1 N–H and O–H groups in total. The highest BCUT2D eigenvalue weighted by atomic mass is 19.3. The number of halogens is 2. The number of hydrogen-bond acceptors (Lipinski definition) is 3. The van der Waals surface area contributed by atoms with Gasteiger partial charge in [-0.05, 0) is 19.3 Å². The Morgan fingerprint density at radius 2 is 2.14 bits per heavy atom. The fourth-order valence-corrected chi connectivity index (χ4v) is 2.87. The molecule has 1 fully saturated rings. The predicted octanol–water partition coefficient (Wildman–Crippen LogP) is 2.82. The lowest BCUT2D eigenvalue weighted by Crippen LogP contribution is -2.27. The minimum Gasteiger partial charge on any atom is -0.310 e. The van der Waals surface area contributed by atoms with E-state index in [4.69, 9.17) is 0 Å². The summed E-state index contributed by atoms with van der Waals surface area (Å²) in [6.07, 6.45) is 3.48. The Morgan fingerprint density at radius 3 is 2.81 bits per heavy atom. The molecular formula is C14H18F2N4O. The molecule has 0 spiro atoms. The first kappa shape index (κ1) is 14.2. The molecule has 0 aliphatic heterocycles. The van der Waals surface area contributed by atoms with E-state index < -0.39 is 5.92 Å². The van der Waals surface area contributed by atoms with E-state index in [9.17, 15) is 13.6 Å². The minimum absolute atomic E-state index is 0.106. The SMILES string of the molecule is CCCc1nc2c(cnn2C2CCC(F)(F)CC2)c(=O)[nH]1. The molecule has 1 aliphatic carbocycles. The highest BCUT2D eigenvalue weighted by Crippen LogP contribution is 2.38. The van der Waals surface area contributed by atoms with Crippen molar-refractivity contribution in [2.45, 2.75) is 57.4 Å². The van der Waals surface area contributed by atoms with Gasteiger partial charge >= 0.3 is 0 Å². The fraction of sp³-hybridized carbons (Fsp3) is 0.643. The third-order valence-corrected chi connectivity index (χ3v) is 4.03. The summed E-state index contributed by atoms with van der Waals surface area (Å²) in [5.74, 6) is -1.95. The van der Waals surface area contributed by atoms with E-state index in [2.05, 4.69) is 15.1 Å². The quantitative estimate of drug-likeness (QED) is 0.947. The van der Waals surface area contributed by atoms with E-state index in [0.29, 0.717) is 36.1 Å². The monoisotopic (exact) mass is 296 g/mol. The van der Waals surface area contributed by atoms with Gasteiger partial charge in [0.1, 0.15) is 11.2 Å². The summed E-state index contributed by atoms with van der Waals surface area (Å²) >= 11 is 0. The number of aromatic nitrogens is 4. The van der Waals surface area contributed by atoms with Crippen molar-refractivity contribution in [1.29, 1.82) is 0 Å². The lowest BCUT2D eigenvalue weighted by Gasteiger charge is -2.28. The van der Waals surface area contributed by atoms with E-state index in [0.717, 1.165) is 6.42 Å². The van der Waals surface area contributed by atoms with Crippen molar-refractivity contribution in [3.63, 3.8) is 0 Å². The molecule has 7 heteroatoms. The number of alkyl halides is 2. The van der Waals surface area contributed by atoms with Crippen LogP contribution in [0.4, 0.5) is 8.78 Å². The molecule has 0 amide bonds. The van der Waals surface area contributed by atoms with E-state index >= 15 is 0 Å². The summed E-state index contributed by atoms with van der Waals surface area (Å²) in [6.45, 7) is 2.00. The molecule has 1 aliphatic rings. The molecule has 2 aromatic heterocycles. The first-order valence-electron chi connectivity index (χ1n) is 7.34. The molecule has 0 unspecified atom stereocenters. The molecule has 0 saturated heterocycles. The highest BCUT2D eigenvalue weighted by Gasteiger charge is 2.36. The first-order valence-corrected chi connectivity index (χ1v) is 7.34. The van der Waals surface area contributed by atoms with Crippen molar-refractivity contribution in [2.24, 2.45) is 0 Å². The van der Waals surface area contributed by atoms with Gasteiger partial charge in [-0.1, -0.05) is 6.92 Å². The second-order valence-electron chi connectivity index (χ2n) is 5.68. The number of rotatable bonds is 3. The fourth-order valence-electron chi connectivity index (χ4n) is 2.87. The van der Waals surface area contributed by atoms with Crippen LogP contribution in [-0.4, -0.2) is 25.7 Å². The molecule has 0 radical (unpaired) electrons.